The van der Waals surface area contributed by atoms with Gasteiger partial charge in [-0.2, -0.15) is 5.10 Å². The highest BCUT2D eigenvalue weighted by Gasteiger charge is 2.54. The van der Waals surface area contributed by atoms with Crippen LogP contribution in [-0.4, -0.2) is 52.9 Å². The summed E-state index contributed by atoms with van der Waals surface area (Å²) in [7, 11) is -1.68. The number of amides is 3. The Morgan fingerprint density at radius 2 is 1.96 bits per heavy atom. The molecule has 0 saturated heterocycles. The Labute approximate surface area is 167 Å². The van der Waals surface area contributed by atoms with Crippen LogP contribution in [0.5, 0.6) is 0 Å². The molecule has 1 aromatic heterocycles. The van der Waals surface area contributed by atoms with E-state index < -0.39 is 13.6 Å². The van der Waals surface area contributed by atoms with E-state index in [2.05, 4.69) is 40.5 Å². The molecular formula is C19H33N5O3Si. The molecule has 1 fully saturated rings. The number of aromatic nitrogens is 2. The van der Waals surface area contributed by atoms with Gasteiger partial charge in [0, 0.05) is 10.6 Å². The normalized spacial score (nSPS) is 20.9. The van der Waals surface area contributed by atoms with E-state index in [4.69, 9.17) is 0 Å². The van der Waals surface area contributed by atoms with Gasteiger partial charge in [-0.25, -0.2) is 4.79 Å². The molecule has 0 bridgehead atoms. The van der Waals surface area contributed by atoms with Crippen molar-refractivity contribution < 1.29 is 14.7 Å². The van der Waals surface area contributed by atoms with E-state index in [9.17, 15) is 14.7 Å². The molecule has 156 valence electrons. The zero-order valence-corrected chi connectivity index (χ0v) is 18.8. The minimum atomic E-state index is -1.68. The van der Waals surface area contributed by atoms with Crippen LogP contribution in [-0.2, 0) is 16.9 Å². The molecular weight excluding hydrogens is 374 g/mol. The average Bonchev–Trinajstić information content (AvgIpc) is 3.03. The molecule has 4 N–H and O–H groups in total. The number of rotatable bonds is 5. The van der Waals surface area contributed by atoms with Crippen molar-refractivity contribution in [2.24, 2.45) is 0 Å². The van der Waals surface area contributed by atoms with Gasteiger partial charge < -0.3 is 20.6 Å². The van der Waals surface area contributed by atoms with Gasteiger partial charge in [-0.05, 0) is 33.6 Å². The van der Waals surface area contributed by atoms with Crippen LogP contribution in [0.25, 0.3) is 0 Å². The second-order valence-electron chi connectivity index (χ2n) is 9.74. The number of H-pyrrole nitrogens is 1. The molecule has 1 saturated carbocycles. The minimum Gasteiger partial charge on any atom is -0.394 e. The number of nitrogens with zero attached hydrogens (tertiary/aromatic N) is 2. The molecule has 0 aromatic carbocycles. The maximum absolute atomic E-state index is 13.2. The summed E-state index contributed by atoms with van der Waals surface area (Å²) in [4.78, 5) is 27.5. The van der Waals surface area contributed by atoms with Gasteiger partial charge in [0.25, 0.3) is 0 Å². The number of nitrogens with one attached hydrogen (secondary N) is 3. The first-order chi connectivity index (χ1) is 12.9. The fourth-order valence-corrected chi connectivity index (χ4v) is 6.95. The van der Waals surface area contributed by atoms with Gasteiger partial charge in [0.1, 0.15) is 0 Å². The van der Waals surface area contributed by atoms with Gasteiger partial charge in [-0.3, -0.25) is 9.89 Å². The molecule has 28 heavy (non-hydrogen) atoms. The zero-order valence-electron chi connectivity index (χ0n) is 17.8. The Hall–Kier alpha value is -1.87. The Morgan fingerprint density at radius 1 is 1.32 bits per heavy atom. The van der Waals surface area contributed by atoms with Crippen LogP contribution in [0.2, 0.25) is 24.7 Å². The SMILES string of the molecule is CC(CO)NC(=O)N1Cc2c(NC(=O)C3([Si](C)(C)C)CCC3)n[nH]c2C1(C)C. The maximum atomic E-state index is 13.2. The van der Waals surface area contributed by atoms with Gasteiger partial charge in [0.05, 0.1) is 38.5 Å². The van der Waals surface area contributed by atoms with E-state index in [1.807, 2.05) is 13.8 Å². The monoisotopic (exact) mass is 407 g/mol. The first-order valence-corrected chi connectivity index (χ1v) is 13.5. The number of anilines is 1. The van der Waals surface area contributed by atoms with Crippen molar-refractivity contribution in [3.63, 3.8) is 0 Å². The van der Waals surface area contributed by atoms with Crippen LogP contribution in [0.15, 0.2) is 0 Å². The van der Waals surface area contributed by atoms with Crippen LogP contribution in [0.3, 0.4) is 0 Å². The third-order valence-electron chi connectivity index (χ3n) is 6.67. The van der Waals surface area contributed by atoms with Gasteiger partial charge in [0.2, 0.25) is 5.91 Å². The molecule has 1 aliphatic heterocycles. The molecule has 1 atom stereocenters. The summed E-state index contributed by atoms with van der Waals surface area (Å²) in [6.45, 7) is 12.6. The van der Waals surface area contributed by atoms with Gasteiger partial charge in [0.15, 0.2) is 5.82 Å². The van der Waals surface area contributed by atoms with Crippen molar-refractivity contribution in [1.29, 1.82) is 0 Å². The third kappa shape index (κ3) is 3.14. The minimum absolute atomic E-state index is 0.0711. The molecule has 0 spiro atoms. The highest BCUT2D eigenvalue weighted by Crippen LogP contribution is 2.56. The molecule has 9 heteroatoms. The van der Waals surface area contributed by atoms with Crippen molar-refractivity contribution in [2.75, 3.05) is 11.9 Å². The van der Waals surface area contributed by atoms with Gasteiger partial charge in [-0.15, -0.1) is 0 Å². The van der Waals surface area contributed by atoms with E-state index >= 15 is 0 Å². The number of fused-ring (bicyclic) bond motifs is 1. The third-order valence-corrected chi connectivity index (χ3v) is 10.3. The Balaban J connectivity index is 1.81. The molecule has 3 amide bonds. The van der Waals surface area contributed by atoms with Gasteiger partial charge >= 0.3 is 6.03 Å². The average molecular weight is 408 g/mol. The van der Waals surface area contributed by atoms with Crippen molar-refractivity contribution >= 4 is 25.8 Å². The summed E-state index contributed by atoms with van der Waals surface area (Å²) in [5.41, 5.74) is 1.11. The lowest BCUT2D eigenvalue weighted by Gasteiger charge is -2.48. The molecule has 8 nitrogen and oxygen atoms in total. The number of aliphatic hydroxyl groups is 1. The van der Waals surface area contributed by atoms with Crippen molar-refractivity contribution in [3.8, 4) is 0 Å². The van der Waals surface area contributed by atoms with Crippen LogP contribution >= 0.6 is 0 Å². The maximum Gasteiger partial charge on any atom is 0.318 e. The van der Waals surface area contributed by atoms with Crippen LogP contribution in [0.4, 0.5) is 10.6 Å². The lowest BCUT2D eigenvalue weighted by molar-refractivity contribution is -0.121. The van der Waals surface area contributed by atoms with E-state index in [0.717, 1.165) is 30.5 Å². The second-order valence-corrected chi connectivity index (χ2v) is 15.2. The van der Waals surface area contributed by atoms with Crippen LogP contribution in [0.1, 0.15) is 51.3 Å². The van der Waals surface area contributed by atoms with Gasteiger partial charge in [-0.1, -0.05) is 26.1 Å². The topological polar surface area (TPSA) is 110 Å². The smallest absolute Gasteiger partial charge is 0.318 e. The van der Waals surface area contributed by atoms with Crippen molar-refractivity contribution in [2.45, 2.75) is 82.8 Å². The quantitative estimate of drug-likeness (QED) is 0.563. The summed E-state index contributed by atoms with van der Waals surface area (Å²) in [6, 6.07) is -0.569. The number of aromatic amines is 1. The lowest BCUT2D eigenvalue weighted by atomic mass is 9.83. The predicted octanol–water partition coefficient (Wildman–Crippen LogP) is 2.75. The fraction of sp³-hybridized carbons (Fsp3) is 0.737. The second kappa shape index (κ2) is 6.87. The summed E-state index contributed by atoms with van der Waals surface area (Å²) in [5, 5.41) is 22.2. The number of hydrogen-bond donors (Lipinski definition) is 4. The molecule has 1 aromatic rings. The molecule has 2 heterocycles. The van der Waals surface area contributed by atoms with Crippen molar-refractivity contribution in [3.05, 3.63) is 11.3 Å². The van der Waals surface area contributed by atoms with E-state index in [1.165, 1.54) is 0 Å². The van der Waals surface area contributed by atoms with E-state index in [-0.39, 0.29) is 29.6 Å². The molecule has 0 radical (unpaired) electrons. The Morgan fingerprint density at radius 3 is 2.46 bits per heavy atom. The molecule has 3 rings (SSSR count). The highest BCUT2D eigenvalue weighted by atomic mass is 28.3. The lowest BCUT2D eigenvalue weighted by Crippen LogP contribution is -2.52. The van der Waals surface area contributed by atoms with Crippen LogP contribution in [0, 0.1) is 0 Å². The first-order valence-electron chi connectivity index (χ1n) is 10.0. The predicted molar refractivity (Wildman–Crippen MR) is 111 cm³/mol. The van der Waals surface area contributed by atoms with E-state index in [0.29, 0.717) is 12.4 Å². The summed E-state index contributed by atoms with van der Waals surface area (Å²) in [6.07, 6.45) is 2.99. The fourth-order valence-electron chi connectivity index (χ4n) is 4.35. The largest absolute Gasteiger partial charge is 0.394 e. The first kappa shape index (κ1) is 20.9. The molecule has 1 unspecified atom stereocenters. The molecule has 2 aliphatic rings. The van der Waals surface area contributed by atoms with E-state index in [1.54, 1.807) is 11.8 Å². The number of aliphatic hydroxyl groups excluding tert-OH is 1. The number of carbonyl (C=O) groups is 2. The number of hydrogen-bond acceptors (Lipinski definition) is 4. The molecule has 1 aliphatic carbocycles. The summed E-state index contributed by atoms with van der Waals surface area (Å²) < 4.78 is 0. The van der Waals surface area contributed by atoms with Crippen LogP contribution < -0.4 is 10.6 Å². The number of carbonyl (C=O) groups excluding carboxylic acids is 2. The summed E-state index contributed by atoms with van der Waals surface area (Å²) >= 11 is 0. The Kier molecular flexibility index (Phi) is 5.12. The zero-order chi connectivity index (χ0) is 20.9. The summed E-state index contributed by atoms with van der Waals surface area (Å²) in [5.74, 6) is 0.602. The Bertz CT molecular complexity index is 779. The highest BCUT2D eigenvalue weighted by molar-refractivity contribution is 6.83. The standard InChI is InChI=1S/C19H33N5O3Si/c1-12(11-25)20-17(27)24-10-13-14(18(24,2)3)22-23-15(13)21-16(26)19(8-7-9-19)28(4,5)6/h12,25H,7-11H2,1-6H3,(H,20,27)(H2,21,22,23,26). The number of urea groups is 1. The van der Waals surface area contributed by atoms with Crippen molar-refractivity contribution in [1.82, 2.24) is 20.4 Å².